The smallest absolute Gasteiger partial charge is 0.405 e. The number of fused-ring (bicyclic) bond motifs is 1. The fourth-order valence-corrected chi connectivity index (χ4v) is 4.82. The minimum Gasteiger partial charge on any atom is -0.457 e. The van der Waals surface area contributed by atoms with Crippen LogP contribution in [0.5, 0.6) is 11.5 Å². The Hall–Kier alpha value is -4.37. The normalized spacial score (nSPS) is 14.7. The Labute approximate surface area is 269 Å². The van der Waals surface area contributed by atoms with Gasteiger partial charge in [-0.05, 0) is 83.2 Å². The number of nitrogens with two attached hydrogens (primary N) is 1. The molecule has 9 nitrogen and oxygen atoms in total. The molecular weight excluding hydrogens is 613 g/mol. The number of carbonyl (C=O) groups is 2. The Bertz CT molecular complexity index is 1650. The van der Waals surface area contributed by atoms with Crippen LogP contribution in [-0.4, -0.2) is 34.5 Å². The van der Waals surface area contributed by atoms with Gasteiger partial charge in [-0.2, -0.15) is 0 Å². The van der Waals surface area contributed by atoms with E-state index in [9.17, 15) is 9.59 Å². The first-order valence-electron chi connectivity index (χ1n) is 14.7. The van der Waals surface area contributed by atoms with Gasteiger partial charge >= 0.3 is 6.09 Å². The predicted molar refractivity (Wildman–Crippen MR) is 175 cm³/mol. The van der Waals surface area contributed by atoms with Crippen molar-refractivity contribution >= 4 is 26.3 Å². The molecule has 46 heavy (non-hydrogen) atoms. The highest BCUT2D eigenvalue weighted by molar-refractivity contribution is 7.38. The van der Waals surface area contributed by atoms with Crippen LogP contribution >= 0.6 is 8.58 Å². The van der Waals surface area contributed by atoms with Crippen molar-refractivity contribution in [3.05, 3.63) is 89.8 Å². The van der Waals surface area contributed by atoms with Gasteiger partial charge < -0.3 is 24.5 Å². The molecule has 0 bridgehead atoms. The van der Waals surface area contributed by atoms with E-state index in [-0.39, 0.29) is 41.2 Å². The number of nitrogens with zero attached hydrogens (tertiary/aromatic N) is 3. The standard InChI is InChI=1S/C29H28F2N3O3P.C5H11NO2/c1-28(2,38-3)27-33-32-26(37-27)20-11-14-23-24(17-20)34(25(35)15-16-29(23,30)31)18-19-9-12-22(13-10-19)36-21-7-5-4-6-8-21;1-5(2,3)8-4(6)7/h4-14,17,38H,15-16,18H2,1-3H3;1-3H3,(H2,6,7). The summed E-state index contributed by atoms with van der Waals surface area (Å²) >= 11 is 0. The van der Waals surface area contributed by atoms with E-state index in [1.807, 2.05) is 56.3 Å². The molecule has 1 aliphatic heterocycles. The van der Waals surface area contributed by atoms with Gasteiger partial charge in [0.2, 0.25) is 17.7 Å². The van der Waals surface area contributed by atoms with Crippen LogP contribution in [-0.2, 0) is 27.2 Å². The van der Waals surface area contributed by atoms with Gasteiger partial charge in [0.1, 0.15) is 17.1 Å². The Kier molecular flexibility index (Phi) is 10.5. The average Bonchev–Trinajstić information content (AvgIpc) is 3.48. The Morgan fingerprint density at radius 3 is 2.24 bits per heavy atom. The summed E-state index contributed by atoms with van der Waals surface area (Å²) in [5.41, 5.74) is 5.49. The van der Waals surface area contributed by atoms with Crippen molar-refractivity contribution in [2.24, 2.45) is 5.73 Å². The molecule has 2 N–H and O–H groups in total. The zero-order valence-electron chi connectivity index (χ0n) is 26.8. The number of alkyl halides is 2. The van der Waals surface area contributed by atoms with Crippen molar-refractivity contribution in [1.29, 1.82) is 0 Å². The van der Waals surface area contributed by atoms with E-state index in [4.69, 9.17) is 14.9 Å². The van der Waals surface area contributed by atoms with E-state index in [0.717, 1.165) is 5.56 Å². The van der Waals surface area contributed by atoms with E-state index < -0.39 is 24.0 Å². The van der Waals surface area contributed by atoms with Crippen molar-refractivity contribution < 1.29 is 32.3 Å². The molecule has 4 aromatic rings. The molecule has 0 saturated heterocycles. The summed E-state index contributed by atoms with van der Waals surface area (Å²) in [5, 5.41) is 8.06. The van der Waals surface area contributed by atoms with Crippen LogP contribution in [0.2, 0.25) is 0 Å². The predicted octanol–water partition coefficient (Wildman–Crippen LogP) is 8.37. The van der Waals surface area contributed by atoms with E-state index in [0.29, 0.717) is 31.5 Å². The molecule has 0 fully saturated rings. The second kappa shape index (κ2) is 14.0. The van der Waals surface area contributed by atoms with Gasteiger partial charge in [-0.25, -0.2) is 13.6 Å². The first-order chi connectivity index (χ1) is 21.6. The van der Waals surface area contributed by atoms with E-state index in [1.54, 1.807) is 45.0 Å². The minimum absolute atomic E-state index is 0.135. The molecule has 0 radical (unpaired) electrons. The molecule has 2 heterocycles. The molecule has 3 aromatic carbocycles. The molecule has 1 atom stereocenters. The number of para-hydroxylation sites is 1. The van der Waals surface area contributed by atoms with Crippen LogP contribution in [0.25, 0.3) is 11.5 Å². The van der Waals surface area contributed by atoms with Gasteiger partial charge in [-0.1, -0.05) is 36.4 Å². The molecule has 2 amide bonds. The van der Waals surface area contributed by atoms with Gasteiger partial charge in [0.15, 0.2) is 0 Å². The van der Waals surface area contributed by atoms with Gasteiger partial charge in [0.05, 0.1) is 17.4 Å². The molecule has 1 aromatic heterocycles. The number of amides is 2. The molecule has 244 valence electrons. The quantitative estimate of drug-likeness (QED) is 0.199. The maximum atomic E-state index is 15.1. The highest BCUT2D eigenvalue weighted by Crippen LogP contribution is 2.44. The highest BCUT2D eigenvalue weighted by atomic mass is 31.1. The second-order valence-corrected chi connectivity index (χ2v) is 14.0. The molecule has 0 spiro atoms. The van der Waals surface area contributed by atoms with Gasteiger partial charge in [-0.15, -0.1) is 18.8 Å². The van der Waals surface area contributed by atoms with Gasteiger partial charge in [0.25, 0.3) is 5.92 Å². The number of anilines is 1. The maximum Gasteiger partial charge on any atom is 0.405 e. The summed E-state index contributed by atoms with van der Waals surface area (Å²) in [5.74, 6) is -1.45. The van der Waals surface area contributed by atoms with Crippen LogP contribution in [0.15, 0.2) is 77.2 Å². The zero-order chi connectivity index (χ0) is 33.7. The fourth-order valence-electron chi connectivity index (χ4n) is 4.51. The Morgan fingerprint density at radius 1 is 1.00 bits per heavy atom. The van der Waals surface area contributed by atoms with Crippen molar-refractivity contribution in [2.45, 2.75) is 70.7 Å². The summed E-state index contributed by atoms with van der Waals surface area (Å²) < 4.78 is 46.5. The number of hydrogen-bond donors (Lipinski definition) is 1. The lowest BCUT2D eigenvalue weighted by Gasteiger charge is -2.25. The molecule has 0 saturated carbocycles. The lowest BCUT2D eigenvalue weighted by molar-refractivity contribution is -0.120. The lowest BCUT2D eigenvalue weighted by Crippen LogP contribution is -2.29. The highest BCUT2D eigenvalue weighted by Gasteiger charge is 2.40. The number of aromatic nitrogens is 2. The Morgan fingerprint density at radius 2 is 1.65 bits per heavy atom. The van der Waals surface area contributed by atoms with E-state index in [2.05, 4.69) is 21.6 Å². The third-order valence-corrected chi connectivity index (χ3v) is 8.58. The number of benzene rings is 3. The molecule has 5 rings (SSSR count). The van der Waals surface area contributed by atoms with E-state index in [1.165, 1.54) is 11.0 Å². The van der Waals surface area contributed by atoms with E-state index >= 15 is 8.78 Å². The zero-order valence-corrected chi connectivity index (χ0v) is 27.8. The SMILES string of the molecule is CC(C)(C)OC(N)=O.CPC(C)(C)c1nnc(-c2ccc3c(c2)N(Cc2ccc(Oc4ccccc4)cc2)C(=O)CCC3(F)F)o1. The van der Waals surface area contributed by atoms with Crippen molar-refractivity contribution in [2.75, 3.05) is 11.6 Å². The second-order valence-electron chi connectivity index (χ2n) is 12.3. The van der Waals surface area contributed by atoms with Crippen LogP contribution in [0.1, 0.15) is 64.5 Å². The first-order valence-corrected chi connectivity index (χ1v) is 16.2. The first kappa shape index (κ1) is 34.5. The fraction of sp³-hybridized carbons (Fsp3) is 0.353. The van der Waals surface area contributed by atoms with Crippen molar-refractivity contribution in [3.63, 3.8) is 0 Å². The average molecular weight is 653 g/mol. The summed E-state index contributed by atoms with van der Waals surface area (Å²) in [4.78, 5) is 24.5. The van der Waals surface area contributed by atoms with Crippen LogP contribution in [0, 0.1) is 0 Å². The molecule has 1 unspecified atom stereocenters. The Balaban J connectivity index is 0.000000533. The van der Waals surface area contributed by atoms with Crippen LogP contribution in [0.3, 0.4) is 0 Å². The number of ether oxygens (including phenoxy) is 2. The number of carbonyl (C=O) groups excluding carboxylic acids is 2. The maximum absolute atomic E-state index is 15.1. The molecule has 12 heteroatoms. The van der Waals surface area contributed by atoms with Gasteiger partial charge in [0, 0.05) is 24.0 Å². The van der Waals surface area contributed by atoms with Crippen molar-refractivity contribution in [1.82, 2.24) is 10.2 Å². The monoisotopic (exact) mass is 652 g/mol. The number of halogens is 2. The minimum atomic E-state index is -3.14. The summed E-state index contributed by atoms with van der Waals surface area (Å²) in [6, 6.07) is 21.1. The number of rotatable bonds is 7. The summed E-state index contributed by atoms with van der Waals surface area (Å²) in [6.07, 6.45) is -1.53. The van der Waals surface area contributed by atoms with Gasteiger partial charge in [-0.3, -0.25) is 4.79 Å². The van der Waals surface area contributed by atoms with Crippen LogP contribution < -0.4 is 15.4 Å². The summed E-state index contributed by atoms with van der Waals surface area (Å²) in [6.45, 7) is 11.5. The molecular formula is C34H39F2N4O5P. The van der Waals surface area contributed by atoms with Crippen LogP contribution in [0.4, 0.5) is 19.3 Å². The number of hydrogen-bond acceptors (Lipinski definition) is 7. The lowest BCUT2D eigenvalue weighted by atomic mass is 10.0. The largest absolute Gasteiger partial charge is 0.457 e. The molecule has 0 aliphatic carbocycles. The number of primary amides is 1. The topological polar surface area (TPSA) is 121 Å². The third kappa shape index (κ3) is 8.88. The third-order valence-electron chi connectivity index (χ3n) is 7.12. The summed E-state index contributed by atoms with van der Waals surface area (Å²) in [7, 11) is 0.539. The molecule has 1 aliphatic rings. The van der Waals surface area contributed by atoms with Crippen molar-refractivity contribution in [3.8, 4) is 23.0 Å².